The summed E-state index contributed by atoms with van der Waals surface area (Å²) in [6.45, 7) is 3.73. The molecule has 2 N–H and O–H groups in total. The van der Waals surface area contributed by atoms with E-state index in [4.69, 9.17) is 4.42 Å². The Hall–Kier alpha value is -2.12. The van der Waals surface area contributed by atoms with Crippen molar-refractivity contribution in [3.8, 4) is 0 Å². The molecule has 1 amide bonds. The lowest BCUT2D eigenvalue weighted by atomic mass is 10.1. The number of hydrogen-bond acceptors (Lipinski definition) is 4. The molecule has 1 aromatic heterocycles. The molecule has 0 aliphatic carbocycles. The van der Waals surface area contributed by atoms with Crippen LogP contribution in [0.4, 0.5) is 0 Å². The van der Waals surface area contributed by atoms with E-state index in [9.17, 15) is 13.2 Å². The highest BCUT2D eigenvalue weighted by Gasteiger charge is 2.19. The molecule has 0 atom stereocenters. The Balaban J connectivity index is 2.29. The zero-order valence-electron chi connectivity index (χ0n) is 12.6. The number of benzene rings is 1. The van der Waals surface area contributed by atoms with Gasteiger partial charge in [-0.2, -0.15) is 0 Å². The zero-order valence-corrected chi connectivity index (χ0v) is 13.5. The molecule has 1 aromatic carbocycles. The number of carbonyl (C=O) groups excluding carboxylic acids is 1. The molecule has 0 saturated carbocycles. The first kappa shape index (κ1) is 16.3. The van der Waals surface area contributed by atoms with Gasteiger partial charge in [0.2, 0.25) is 10.0 Å². The Morgan fingerprint density at radius 3 is 2.59 bits per heavy atom. The number of amides is 1. The van der Waals surface area contributed by atoms with E-state index in [-0.39, 0.29) is 17.3 Å². The first-order valence-electron chi connectivity index (χ1n) is 6.70. The zero-order chi connectivity index (χ0) is 16.3. The molecule has 0 aliphatic rings. The summed E-state index contributed by atoms with van der Waals surface area (Å²) in [6.07, 6.45) is 1.52. The van der Waals surface area contributed by atoms with Crippen LogP contribution in [0.25, 0.3) is 0 Å². The van der Waals surface area contributed by atoms with Gasteiger partial charge < -0.3 is 9.73 Å². The van der Waals surface area contributed by atoms with Crippen molar-refractivity contribution in [1.29, 1.82) is 0 Å². The summed E-state index contributed by atoms with van der Waals surface area (Å²) in [5, 5.41) is 2.70. The largest absolute Gasteiger partial charge is 0.467 e. The van der Waals surface area contributed by atoms with Gasteiger partial charge in [0.05, 0.1) is 17.7 Å². The average molecular weight is 322 g/mol. The van der Waals surface area contributed by atoms with E-state index in [1.54, 1.807) is 32.0 Å². The molecular weight excluding hydrogens is 304 g/mol. The van der Waals surface area contributed by atoms with Crippen LogP contribution >= 0.6 is 0 Å². The Bertz CT molecular complexity index is 780. The van der Waals surface area contributed by atoms with Gasteiger partial charge in [0, 0.05) is 5.56 Å². The average Bonchev–Trinajstić information content (AvgIpc) is 3.00. The molecule has 0 bridgehead atoms. The molecule has 0 fully saturated rings. The number of furan rings is 1. The van der Waals surface area contributed by atoms with Crippen LogP contribution in [0.15, 0.2) is 39.8 Å². The van der Waals surface area contributed by atoms with Crippen LogP contribution in [0, 0.1) is 13.8 Å². The predicted molar refractivity (Wildman–Crippen MR) is 82.0 cm³/mol. The standard InChI is InChI=1S/C15H18N2O4S/c1-10-7-12(8-14(11(10)2)22(19,20)16-3)15(18)17-9-13-5-4-6-21-13/h4-8,16H,9H2,1-3H3,(H,17,18). The fourth-order valence-corrected chi connectivity index (χ4v) is 3.10. The van der Waals surface area contributed by atoms with E-state index in [0.29, 0.717) is 16.9 Å². The third-order valence-electron chi connectivity index (χ3n) is 3.44. The SMILES string of the molecule is CNS(=O)(=O)c1cc(C(=O)NCc2ccco2)cc(C)c1C. The fraction of sp³-hybridized carbons (Fsp3) is 0.267. The van der Waals surface area contributed by atoms with E-state index in [1.807, 2.05) is 0 Å². The lowest BCUT2D eigenvalue weighted by Crippen LogP contribution is -2.25. The monoisotopic (exact) mass is 322 g/mol. The van der Waals surface area contributed by atoms with Crippen molar-refractivity contribution in [1.82, 2.24) is 10.0 Å². The van der Waals surface area contributed by atoms with Crippen LogP contribution in [-0.4, -0.2) is 21.4 Å². The Morgan fingerprint density at radius 2 is 2.00 bits per heavy atom. The number of aryl methyl sites for hydroxylation is 1. The Kier molecular flexibility index (Phi) is 4.68. The van der Waals surface area contributed by atoms with Crippen LogP contribution in [0.1, 0.15) is 27.2 Å². The lowest BCUT2D eigenvalue weighted by molar-refractivity contribution is 0.0947. The van der Waals surface area contributed by atoms with Gasteiger partial charge in [-0.25, -0.2) is 13.1 Å². The van der Waals surface area contributed by atoms with Crippen molar-refractivity contribution in [2.45, 2.75) is 25.3 Å². The molecule has 0 radical (unpaired) electrons. The normalized spacial score (nSPS) is 11.4. The van der Waals surface area contributed by atoms with Crippen LogP contribution in [-0.2, 0) is 16.6 Å². The summed E-state index contributed by atoms with van der Waals surface area (Å²) in [5.74, 6) is 0.271. The van der Waals surface area contributed by atoms with Gasteiger partial charge >= 0.3 is 0 Å². The highest BCUT2D eigenvalue weighted by Crippen LogP contribution is 2.21. The number of carbonyl (C=O) groups is 1. The van der Waals surface area contributed by atoms with Gasteiger partial charge in [0.15, 0.2) is 0 Å². The maximum absolute atomic E-state index is 12.2. The summed E-state index contributed by atoms with van der Waals surface area (Å²) in [7, 11) is -2.27. The summed E-state index contributed by atoms with van der Waals surface area (Å²) in [4.78, 5) is 12.3. The predicted octanol–water partition coefficient (Wildman–Crippen LogP) is 1.73. The topological polar surface area (TPSA) is 88.4 Å². The molecular formula is C15H18N2O4S. The third kappa shape index (κ3) is 3.37. The number of rotatable bonds is 5. The first-order valence-corrected chi connectivity index (χ1v) is 8.19. The molecule has 0 aliphatic heterocycles. The molecule has 1 heterocycles. The second kappa shape index (κ2) is 6.33. The number of nitrogens with one attached hydrogen (secondary N) is 2. The van der Waals surface area contributed by atoms with Crippen molar-refractivity contribution in [2.75, 3.05) is 7.05 Å². The van der Waals surface area contributed by atoms with E-state index in [0.717, 1.165) is 5.56 Å². The minimum absolute atomic E-state index is 0.109. The van der Waals surface area contributed by atoms with Gasteiger partial charge in [-0.1, -0.05) is 0 Å². The van der Waals surface area contributed by atoms with Crippen molar-refractivity contribution in [2.24, 2.45) is 0 Å². The molecule has 6 nitrogen and oxygen atoms in total. The summed E-state index contributed by atoms with van der Waals surface area (Å²) in [5.41, 5.74) is 1.65. The van der Waals surface area contributed by atoms with Gasteiger partial charge in [-0.15, -0.1) is 0 Å². The summed E-state index contributed by atoms with van der Waals surface area (Å²) >= 11 is 0. The van der Waals surface area contributed by atoms with Crippen LogP contribution in [0.2, 0.25) is 0 Å². The van der Waals surface area contributed by atoms with Gasteiger partial charge in [0.1, 0.15) is 5.76 Å². The first-order chi connectivity index (χ1) is 10.3. The molecule has 2 rings (SSSR count). The van der Waals surface area contributed by atoms with Crippen LogP contribution < -0.4 is 10.0 Å². The van der Waals surface area contributed by atoms with E-state index >= 15 is 0 Å². The van der Waals surface area contributed by atoms with Crippen molar-refractivity contribution >= 4 is 15.9 Å². The van der Waals surface area contributed by atoms with Gasteiger partial charge in [-0.3, -0.25) is 4.79 Å². The summed E-state index contributed by atoms with van der Waals surface area (Å²) in [6, 6.07) is 6.53. The van der Waals surface area contributed by atoms with E-state index < -0.39 is 10.0 Å². The molecule has 7 heteroatoms. The maximum Gasteiger partial charge on any atom is 0.251 e. The van der Waals surface area contributed by atoms with Crippen molar-refractivity contribution in [3.63, 3.8) is 0 Å². The smallest absolute Gasteiger partial charge is 0.251 e. The lowest BCUT2D eigenvalue weighted by Gasteiger charge is -2.12. The maximum atomic E-state index is 12.2. The Labute approximate surface area is 129 Å². The second-order valence-electron chi connectivity index (χ2n) is 4.89. The highest BCUT2D eigenvalue weighted by molar-refractivity contribution is 7.89. The highest BCUT2D eigenvalue weighted by atomic mass is 32.2. The van der Waals surface area contributed by atoms with Crippen molar-refractivity contribution in [3.05, 3.63) is 53.0 Å². The number of hydrogen-bond donors (Lipinski definition) is 2. The molecule has 0 unspecified atom stereocenters. The van der Waals surface area contributed by atoms with E-state index in [1.165, 1.54) is 19.4 Å². The van der Waals surface area contributed by atoms with E-state index in [2.05, 4.69) is 10.0 Å². The summed E-state index contributed by atoms with van der Waals surface area (Å²) < 4.78 is 31.5. The molecule has 0 saturated heterocycles. The molecule has 0 spiro atoms. The second-order valence-corrected chi connectivity index (χ2v) is 6.74. The number of sulfonamides is 1. The van der Waals surface area contributed by atoms with Crippen molar-refractivity contribution < 1.29 is 17.6 Å². The minimum atomic E-state index is -3.61. The minimum Gasteiger partial charge on any atom is -0.467 e. The van der Waals surface area contributed by atoms with Gasteiger partial charge in [0.25, 0.3) is 5.91 Å². The molecule has 118 valence electrons. The fourth-order valence-electron chi connectivity index (χ4n) is 2.03. The third-order valence-corrected chi connectivity index (χ3v) is 4.98. The van der Waals surface area contributed by atoms with Crippen LogP contribution in [0.5, 0.6) is 0 Å². The van der Waals surface area contributed by atoms with Gasteiger partial charge in [-0.05, 0) is 56.3 Å². The Morgan fingerprint density at radius 1 is 1.27 bits per heavy atom. The molecule has 2 aromatic rings. The molecule has 22 heavy (non-hydrogen) atoms. The van der Waals surface area contributed by atoms with Crippen LogP contribution in [0.3, 0.4) is 0 Å². The quantitative estimate of drug-likeness (QED) is 0.877.